The molecule has 3 atom stereocenters. The summed E-state index contributed by atoms with van der Waals surface area (Å²) in [4.78, 5) is 18.4. The van der Waals surface area contributed by atoms with Gasteiger partial charge >= 0.3 is 75.1 Å². The number of carbonyl (C=O) groups is 1. The minimum Gasteiger partial charge on any atom is -0.462 e. The molecule has 10 heteroatoms. The maximum absolute atomic E-state index is 13.7. The van der Waals surface area contributed by atoms with E-state index in [1.165, 1.54) is 6.42 Å². The van der Waals surface area contributed by atoms with Gasteiger partial charge in [0.1, 0.15) is 0 Å². The van der Waals surface area contributed by atoms with Crippen LogP contribution in [0.4, 0.5) is 23.2 Å². The molecule has 2 aromatic rings. The first-order chi connectivity index (χ1) is 17.5. The summed E-state index contributed by atoms with van der Waals surface area (Å²) in [6.45, 7) is 2.43. The van der Waals surface area contributed by atoms with E-state index in [0.717, 1.165) is 26.2 Å². The number of benzene rings is 1. The van der Waals surface area contributed by atoms with Crippen molar-refractivity contribution in [2.45, 2.75) is 57.2 Å². The number of carbonyl (C=O) groups excluding carboxylic acids is 1. The fourth-order valence-corrected chi connectivity index (χ4v) is 5.11. The number of alkyl halides is 3. The van der Waals surface area contributed by atoms with Crippen LogP contribution in [0.25, 0.3) is 16.8 Å². The average Bonchev–Trinajstić information content (AvgIpc) is 3.60. The van der Waals surface area contributed by atoms with Crippen molar-refractivity contribution in [2.24, 2.45) is 11.3 Å². The van der Waals surface area contributed by atoms with Gasteiger partial charge in [-0.25, -0.2) is 0 Å². The Bertz CT molecular complexity index is 1150. The molecule has 2 fully saturated rings. The van der Waals surface area contributed by atoms with Crippen molar-refractivity contribution in [3.63, 3.8) is 0 Å². The Labute approximate surface area is 281 Å². The van der Waals surface area contributed by atoms with Gasteiger partial charge in [0.25, 0.3) is 0 Å². The summed E-state index contributed by atoms with van der Waals surface area (Å²) >= 11 is 0. The Morgan fingerprint density at radius 1 is 1.34 bits per heavy atom. The van der Waals surface area contributed by atoms with E-state index in [0.29, 0.717) is 41.8 Å². The predicted octanol–water partition coefficient (Wildman–Crippen LogP) is 3.25. The molecule has 2 aliphatic rings. The van der Waals surface area contributed by atoms with Crippen molar-refractivity contribution in [3.8, 4) is 0 Å². The quantitative estimate of drug-likeness (QED) is 0.290. The van der Waals surface area contributed by atoms with E-state index < -0.39 is 18.1 Å². The van der Waals surface area contributed by atoms with Crippen LogP contribution < -0.4 is 79.5 Å². The molecule has 1 aromatic carbocycles. The molecule has 0 aliphatic heterocycles. The Kier molecular flexibility index (Phi) is 11.2. The maximum Gasteiger partial charge on any atom is 1.00 e. The number of anilines is 1. The van der Waals surface area contributed by atoms with E-state index in [9.17, 15) is 22.4 Å². The van der Waals surface area contributed by atoms with Crippen LogP contribution >= 0.6 is 0 Å². The van der Waals surface area contributed by atoms with Gasteiger partial charge in [0.2, 0.25) is 5.91 Å². The van der Waals surface area contributed by atoms with E-state index in [4.69, 9.17) is 0 Å². The first kappa shape index (κ1) is 31.9. The second kappa shape index (κ2) is 13.4. The molecule has 38 heavy (non-hydrogen) atoms. The first-order valence-electron chi connectivity index (χ1n) is 12.7. The molecular weight excluding hydrogens is 617 g/mol. The predicted molar refractivity (Wildman–Crippen MR) is 138 cm³/mol. The zero-order valence-corrected chi connectivity index (χ0v) is 28.5. The fraction of sp³-hybridized carbons (Fsp3) is 0.500. The Hall–Kier alpha value is -0.628. The molecule has 202 valence electrons. The maximum atomic E-state index is 13.7. The van der Waals surface area contributed by atoms with Gasteiger partial charge in [-0.15, -0.1) is 6.67 Å². The zero-order chi connectivity index (χ0) is 26.8. The topological polar surface area (TPSA) is 57.3 Å². The minimum absolute atomic E-state index is 0. The third-order valence-corrected chi connectivity index (χ3v) is 7.68. The van der Waals surface area contributed by atoms with Gasteiger partial charge in [-0.2, -0.15) is 13.2 Å². The number of hydrogen-bond donors (Lipinski definition) is 2. The molecule has 2 saturated carbocycles. The van der Waals surface area contributed by atoms with Gasteiger partial charge in [0.05, 0.1) is 17.3 Å². The second-order valence-corrected chi connectivity index (χ2v) is 10.5. The van der Waals surface area contributed by atoms with E-state index >= 15 is 0 Å². The largest absolute Gasteiger partial charge is 1.00 e. The van der Waals surface area contributed by atoms with Gasteiger partial charge in [0, 0.05) is 28.9 Å². The number of pyridine rings is 1. The molecule has 1 aromatic heterocycles. The summed E-state index contributed by atoms with van der Waals surface area (Å²) in [5, 5.41) is 6.88. The molecule has 2 N–H and O–H groups in total. The molecule has 1 amide bonds. The molecule has 0 radical (unpaired) electrons. The van der Waals surface area contributed by atoms with Crippen molar-refractivity contribution in [3.05, 3.63) is 55.5 Å². The third-order valence-electron chi connectivity index (χ3n) is 7.68. The normalized spacial score (nSPS) is 19.7. The van der Waals surface area contributed by atoms with Crippen LogP contribution in [0.15, 0.2) is 30.3 Å². The van der Waals surface area contributed by atoms with Gasteiger partial charge in [-0.1, -0.05) is 30.7 Å². The Morgan fingerprint density at radius 2 is 2.08 bits per heavy atom. The van der Waals surface area contributed by atoms with Crippen molar-refractivity contribution in [2.75, 3.05) is 25.5 Å². The van der Waals surface area contributed by atoms with Crippen LogP contribution in [0.5, 0.6) is 0 Å². The van der Waals surface area contributed by atoms with Crippen LogP contribution in [0.3, 0.4) is 0 Å². The van der Waals surface area contributed by atoms with E-state index in [2.05, 4.69) is 22.7 Å². The Balaban J connectivity index is 0.00000400. The number of rotatable bonds is 11. The smallest absolute Gasteiger partial charge is 0.462 e. The van der Waals surface area contributed by atoms with Crippen molar-refractivity contribution in [1.29, 1.82) is 0 Å². The first-order valence-corrected chi connectivity index (χ1v) is 12.7. The number of hydrogen-bond acceptors (Lipinski definition) is 4. The number of nitrogens with zero attached hydrogens (tertiary/aromatic N) is 2. The third kappa shape index (κ3) is 7.56. The molecule has 0 saturated heterocycles. The summed E-state index contributed by atoms with van der Waals surface area (Å²) in [6, 6.07) is 6.01. The fourth-order valence-electron chi connectivity index (χ4n) is 5.11. The summed E-state index contributed by atoms with van der Waals surface area (Å²) in [6.07, 6.45) is 3.63. The standard InChI is InChI=1S/C28H34F4N4O.Cs/c1-18(28(30,31)32)25-21-8-4-9-24(34-20(17-29)10-14-36(2)3)22(21)15-19(35-25)7-5-13-33-26(37)23-16-27(23)11-6-12-27;/h4-5,7-9,15,17-18,20,23,34H,2,6,10-14,16H2,1,3H3,(H,33,37);/q-2;+1/b7-5+;. The number of aromatic nitrogens is 1. The van der Waals surface area contributed by atoms with Crippen molar-refractivity contribution < 1.29 is 91.2 Å². The van der Waals surface area contributed by atoms with Crippen molar-refractivity contribution >= 4 is 28.4 Å². The molecule has 2 aliphatic carbocycles. The number of halogens is 4. The molecule has 1 spiro atoms. The molecule has 5 nitrogen and oxygen atoms in total. The molecule has 4 rings (SSSR count). The van der Waals surface area contributed by atoms with Crippen LogP contribution in [0.2, 0.25) is 0 Å². The summed E-state index contributed by atoms with van der Waals surface area (Å²) in [5.41, 5.74) is 0.990. The van der Waals surface area contributed by atoms with Gasteiger partial charge in [0.15, 0.2) is 0 Å². The van der Waals surface area contributed by atoms with Crippen molar-refractivity contribution in [1.82, 2.24) is 15.2 Å². The van der Waals surface area contributed by atoms with E-state index in [1.54, 1.807) is 48.4 Å². The number of amides is 1. The van der Waals surface area contributed by atoms with Crippen LogP contribution in [-0.2, 0) is 4.79 Å². The summed E-state index contributed by atoms with van der Waals surface area (Å²) in [5.74, 6) is -1.67. The second-order valence-electron chi connectivity index (χ2n) is 10.5. The SMILES string of the molecule is [CH2-]N(C)CCC([CH-]F)Nc1cccc2c(C(C)C(F)(F)F)nc(/C=C/CNC(=O)C3CC34CCC4)cc12.[Cs+]. The van der Waals surface area contributed by atoms with E-state index in [-0.39, 0.29) is 98.4 Å². The number of nitrogens with one attached hydrogen (secondary N) is 2. The Morgan fingerprint density at radius 3 is 2.66 bits per heavy atom. The van der Waals surface area contributed by atoms with Gasteiger partial charge < -0.3 is 19.9 Å². The van der Waals surface area contributed by atoms with Crippen LogP contribution in [0, 0.1) is 25.1 Å². The molecule has 1 heterocycles. The molecule has 0 bridgehead atoms. The number of fused-ring (bicyclic) bond motifs is 1. The average molecular weight is 652 g/mol. The summed E-state index contributed by atoms with van der Waals surface area (Å²) < 4.78 is 54.8. The van der Waals surface area contributed by atoms with Gasteiger partial charge in [-0.05, 0) is 69.8 Å². The van der Waals surface area contributed by atoms with Gasteiger partial charge in [-0.3, -0.25) is 16.8 Å². The zero-order valence-electron chi connectivity index (χ0n) is 22.2. The van der Waals surface area contributed by atoms with E-state index in [1.807, 2.05) is 0 Å². The summed E-state index contributed by atoms with van der Waals surface area (Å²) in [7, 11) is 5.54. The van der Waals surface area contributed by atoms with Crippen LogP contribution in [-0.4, -0.2) is 48.1 Å². The minimum atomic E-state index is -4.48. The molecule has 3 unspecified atom stereocenters. The monoisotopic (exact) mass is 651 g/mol. The molecular formula is C28H34CsF4N4O-. The van der Waals surface area contributed by atoms with Crippen LogP contribution in [0.1, 0.15) is 56.3 Å².